The summed E-state index contributed by atoms with van der Waals surface area (Å²) in [6.45, 7) is 6.85. The number of aryl methyl sites for hydroxylation is 1. The molecule has 0 aromatic heterocycles. The number of hydrogen-bond donors (Lipinski definition) is 1. The SMILES string of the molecule is Cc1cc(O)c(C)c(C)c1Cc1ccc2c(c1)C1(CC1)C(=O)N2C1CCCCO1. The largest absolute Gasteiger partial charge is 0.508 e. The maximum Gasteiger partial charge on any atom is 0.239 e. The van der Waals surface area contributed by atoms with Crippen LogP contribution in [0.15, 0.2) is 24.3 Å². The monoisotopic (exact) mass is 391 g/mol. The molecule has 0 bridgehead atoms. The average molecular weight is 392 g/mol. The molecule has 0 radical (unpaired) electrons. The molecule has 2 aromatic rings. The third-order valence-electron chi connectivity index (χ3n) is 7.27. The van der Waals surface area contributed by atoms with Crippen LogP contribution in [0.5, 0.6) is 5.75 Å². The van der Waals surface area contributed by atoms with Crippen LogP contribution in [0, 0.1) is 20.8 Å². The highest BCUT2D eigenvalue weighted by Gasteiger charge is 2.60. The summed E-state index contributed by atoms with van der Waals surface area (Å²) in [7, 11) is 0. The zero-order chi connectivity index (χ0) is 20.3. The average Bonchev–Trinajstić information content (AvgIpc) is 3.49. The predicted octanol–water partition coefficient (Wildman–Crippen LogP) is 4.81. The lowest BCUT2D eigenvalue weighted by atomic mass is 9.90. The molecular weight excluding hydrogens is 362 g/mol. The Morgan fingerprint density at radius 1 is 1.14 bits per heavy atom. The Morgan fingerprint density at radius 3 is 2.62 bits per heavy atom. The fourth-order valence-corrected chi connectivity index (χ4v) is 5.15. The number of amides is 1. The van der Waals surface area contributed by atoms with E-state index in [1.807, 2.05) is 17.9 Å². The summed E-state index contributed by atoms with van der Waals surface area (Å²) in [6.07, 6.45) is 5.73. The highest BCUT2D eigenvalue weighted by molar-refractivity contribution is 6.10. The van der Waals surface area contributed by atoms with Gasteiger partial charge in [0.15, 0.2) is 0 Å². The number of carbonyl (C=O) groups is 1. The number of aromatic hydroxyl groups is 1. The first-order chi connectivity index (χ1) is 13.9. The van der Waals surface area contributed by atoms with Crippen LogP contribution in [0.2, 0.25) is 0 Å². The van der Waals surface area contributed by atoms with Gasteiger partial charge in [0.25, 0.3) is 0 Å². The summed E-state index contributed by atoms with van der Waals surface area (Å²) in [5.74, 6) is 0.604. The summed E-state index contributed by atoms with van der Waals surface area (Å²) in [5.41, 5.74) is 7.64. The van der Waals surface area contributed by atoms with Gasteiger partial charge in [0.2, 0.25) is 5.91 Å². The Bertz CT molecular complexity index is 1000. The first-order valence-corrected chi connectivity index (χ1v) is 10.8. The van der Waals surface area contributed by atoms with Crippen molar-refractivity contribution < 1.29 is 14.6 Å². The van der Waals surface area contributed by atoms with Crippen molar-refractivity contribution in [1.29, 1.82) is 0 Å². The molecule has 1 saturated heterocycles. The maximum absolute atomic E-state index is 13.3. The molecule has 2 aliphatic heterocycles. The first kappa shape index (κ1) is 18.7. The normalized spacial score (nSPS) is 22.2. The molecule has 5 rings (SSSR count). The lowest BCUT2D eigenvalue weighted by Gasteiger charge is -2.32. The number of nitrogens with zero attached hydrogens (tertiary/aromatic N) is 1. The molecule has 2 fully saturated rings. The zero-order valence-corrected chi connectivity index (χ0v) is 17.5. The van der Waals surface area contributed by atoms with Crippen molar-refractivity contribution in [3.8, 4) is 5.75 Å². The number of phenolic OH excluding ortho intramolecular Hbond substituents is 1. The van der Waals surface area contributed by atoms with Crippen LogP contribution in [0.3, 0.4) is 0 Å². The number of phenols is 1. The van der Waals surface area contributed by atoms with E-state index in [-0.39, 0.29) is 17.6 Å². The van der Waals surface area contributed by atoms with Crippen LogP contribution < -0.4 is 4.90 Å². The van der Waals surface area contributed by atoms with Gasteiger partial charge in [-0.15, -0.1) is 0 Å². The van der Waals surface area contributed by atoms with E-state index in [9.17, 15) is 9.90 Å². The summed E-state index contributed by atoms with van der Waals surface area (Å²) in [5, 5.41) is 10.1. The molecule has 2 heterocycles. The minimum atomic E-state index is -0.304. The Hall–Kier alpha value is -2.33. The molecule has 1 N–H and O–H groups in total. The van der Waals surface area contributed by atoms with Crippen LogP contribution in [0.25, 0.3) is 0 Å². The number of hydrogen-bond acceptors (Lipinski definition) is 3. The van der Waals surface area contributed by atoms with Crippen LogP contribution in [0.4, 0.5) is 5.69 Å². The van der Waals surface area contributed by atoms with Gasteiger partial charge in [-0.05, 0) is 105 Å². The third-order valence-corrected chi connectivity index (χ3v) is 7.27. The van der Waals surface area contributed by atoms with Crippen LogP contribution in [-0.4, -0.2) is 23.8 Å². The molecule has 1 saturated carbocycles. The Labute approximate surface area is 172 Å². The van der Waals surface area contributed by atoms with Crippen molar-refractivity contribution in [3.63, 3.8) is 0 Å². The van der Waals surface area contributed by atoms with Crippen LogP contribution in [-0.2, 0) is 21.4 Å². The molecule has 2 aromatic carbocycles. The van der Waals surface area contributed by atoms with Gasteiger partial charge in [-0.1, -0.05) is 12.1 Å². The molecule has 1 spiro atoms. The van der Waals surface area contributed by atoms with Crippen LogP contribution in [0.1, 0.15) is 65.5 Å². The quantitative estimate of drug-likeness (QED) is 0.817. The minimum Gasteiger partial charge on any atom is -0.508 e. The smallest absolute Gasteiger partial charge is 0.239 e. The van der Waals surface area contributed by atoms with Crippen molar-refractivity contribution in [2.75, 3.05) is 11.5 Å². The summed E-state index contributed by atoms with van der Waals surface area (Å²) in [4.78, 5) is 15.3. The lowest BCUT2D eigenvalue weighted by molar-refractivity contribution is -0.123. The Balaban J connectivity index is 1.52. The molecular formula is C25H29NO3. The Kier molecular flexibility index (Phi) is 4.25. The van der Waals surface area contributed by atoms with E-state index < -0.39 is 0 Å². The molecule has 1 unspecified atom stereocenters. The van der Waals surface area contributed by atoms with E-state index in [1.165, 1.54) is 16.7 Å². The van der Waals surface area contributed by atoms with Crippen molar-refractivity contribution in [2.24, 2.45) is 0 Å². The first-order valence-electron chi connectivity index (χ1n) is 10.8. The molecule has 1 amide bonds. The van der Waals surface area contributed by atoms with Gasteiger partial charge in [-0.3, -0.25) is 9.69 Å². The summed E-state index contributed by atoms with van der Waals surface area (Å²) < 4.78 is 5.97. The second kappa shape index (κ2) is 6.60. The van der Waals surface area contributed by atoms with E-state index in [0.29, 0.717) is 5.75 Å². The van der Waals surface area contributed by atoms with E-state index in [1.54, 1.807) is 0 Å². The number of carbonyl (C=O) groups excluding carboxylic acids is 1. The van der Waals surface area contributed by atoms with E-state index in [0.717, 1.165) is 67.5 Å². The molecule has 1 aliphatic carbocycles. The molecule has 4 nitrogen and oxygen atoms in total. The predicted molar refractivity (Wildman–Crippen MR) is 114 cm³/mol. The van der Waals surface area contributed by atoms with Gasteiger partial charge in [-0.25, -0.2) is 0 Å². The topological polar surface area (TPSA) is 49.8 Å². The number of anilines is 1. The molecule has 4 heteroatoms. The van der Waals surface area contributed by atoms with Gasteiger partial charge in [0.1, 0.15) is 12.0 Å². The highest BCUT2D eigenvalue weighted by Crippen LogP contribution is 2.58. The fraction of sp³-hybridized carbons (Fsp3) is 0.480. The van der Waals surface area contributed by atoms with Gasteiger partial charge < -0.3 is 9.84 Å². The maximum atomic E-state index is 13.3. The molecule has 1 atom stereocenters. The van der Waals surface area contributed by atoms with Gasteiger partial charge in [0, 0.05) is 6.61 Å². The number of ether oxygens (including phenoxy) is 1. The zero-order valence-electron chi connectivity index (χ0n) is 17.5. The number of benzene rings is 2. The van der Waals surface area contributed by atoms with Gasteiger partial charge in [0.05, 0.1) is 11.1 Å². The molecule has 29 heavy (non-hydrogen) atoms. The van der Waals surface area contributed by atoms with Crippen LogP contribution >= 0.6 is 0 Å². The standard InChI is InChI=1S/C25H29NO3/c1-15-12-22(27)17(3)16(2)19(15)13-18-7-8-21-20(14-18)25(9-10-25)24(28)26(21)23-6-4-5-11-29-23/h7-8,12,14,23,27H,4-6,9-11,13H2,1-3H3. The van der Waals surface area contributed by atoms with E-state index in [4.69, 9.17) is 4.74 Å². The van der Waals surface area contributed by atoms with Crippen molar-refractivity contribution in [3.05, 3.63) is 57.6 Å². The summed E-state index contributed by atoms with van der Waals surface area (Å²) >= 11 is 0. The second-order valence-corrected chi connectivity index (χ2v) is 9.05. The van der Waals surface area contributed by atoms with Crippen molar-refractivity contribution in [2.45, 2.75) is 70.9 Å². The van der Waals surface area contributed by atoms with E-state index in [2.05, 4.69) is 32.0 Å². The summed E-state index contributed by atoms with van der Waals surface area (Å²) in [6, 6.07) is 8.40. The van der Waals surface area contributed by atoms with Gasteiger partial charge in [-0.2, -0.15) is 0 Å². The minimum absolute atomic E-state index is 0.106. The third kappa shape index (κ3) is 2.80. The Morgan fingerprint density at radius 2 is 1.93 bits per heavy atom. The molecule has 152 valence electrons. The van der Waals surface area contributed by atoms with Crippen molar-refractivity contribution in [1.82, 2.24) is 0 Å². The fourth-order valence-electron chi connectivity index (χ4n) is 5.15. The van der Waals surface area contributed by atoms with Crippen molar-refractivity contribution >= 4 is 11.6 Å². The highest BCUT2D eigenvalue weighted by atomic mass is 16.5. The molecule has 3 aliphatic rings. The van der Waals surface area contributed by atoms with Gasteiger partial charge >= 0.3 is 0 Å². The lowest BCUT2D eigenvalue weighted by Crippen LogP contribution is -2.43. The number of fused-ring (bicyclic) bond motifs is 2. The van der Waals surface area contributed by atoms with E-state index >= 15 is 0 Å². The second-order valence-electron chi connectivity index (χ2n) is 9.05. The number of rotatable bonds is 3.